The monoisotopic (exact) mass is 651 g/mol. The quantitative estimate of drug-likeness (QED) is 0.190. The Balaban J connectivity index is 1.15. The second kappa shape index (κ2) is 10.8. The molecule has 0 saturated heterocycles. The van der Waals surface area contributed by atoms with E-state index in [2.05, 4.69) is 173 Å². The molecule has 0 N–H and O–H groups in total. The summed E-state index contributed by atoms with van der Waals surface area (Å²) in [7, 11) is 0. The highest BCUT2D eigenvalue weighted by Crippen LogP contribution is 2.41. The van der Waals surface area contributed by atoms with Crippen LogP contribution in [0.3, 0.4) is 0 Å². The van der Waals surface area contributed by atoms with E-state index in [9.17, 15) is 0 Å². The molecule has 0 atom stereocenters. The van der Waals surface area contributed by atoms with Crippen molar-refractivity contribution in [2.24, 2.45) is 0 Å². The lowest BCUT2D eigenvalue weighted by molar-refractivity contribution is 0.671. The van der Waals surface area contributed by atoms with Crippen molar-refractivity contribution in [1.82, 2.24) is 14.1 Å². The third-order valence-electron chi connectivity index (χ3n) is 10.4. The van der Waals surface area contributed by atoms with Crippen LogP contribution in [0.15, 0.2) is 180 Å². The number of hydrogen-bond acceptors (Lipinski definition) is 2. The Morgan fingerprint density at radius 1 is 0.373 bits per heavy atom. The normalized spacial score (nSPS) is 11.9. The molecule has 0 amide bonds. The van der Waals surface area contributed by atoms with E-state index in [1.807, 2.05) is 12.3 Å². The summed E-state index contributed by atoms with van der Waals surface area (Å²) in [6.07, 6.45) is 2.03. The highest BCUT2D eigenvalue weighted by Gasteiger charge is 2.20. The largest absolute Gasteiger partial charge is 0.455 e. The van der Waals surface area contributed by atoms with E-state index in [1.54, 1.807) is 0 Å². The van der Waals surface area contributed by atoms with Crippen LogP contribution in [-0.4, -0.2) is 14.1 Å². The predicted molar refractivity (Wildman–Crippen MR) is 211 cm³/mol. The number of pyridine rings is 1. The zero-order valence-electron chi connectivity index (χ0n) is 27.5. The van der Waals surface area contributed by atoms with Gasteiger partial charge in [0.25, 0.3) is 0 Å². The zero-order valence-corrected chi connectivity index (χ0v) is 27.5. The molecule has 4 heteroatoms. The van der Waals surface area contributed by atoms with Gasteiger partial charge in [-0.25, -0.2) is 0 Å². The molecule has 0 spiro atoms. The maximum atomic E-state index is 6.79. The van der Waals surface area contributed by atoms with Gasteiger partial charge in [0.1, 0.15) is 11.2 Å². The van der Waals surface area contributed by atoms with Gasteiger partial charge in [0.05, 0.1) is 27.8 Å². The van der Waals surface area contributed by atoms with E-state index in [-0.39, 0.29) is 0 Å². The lowest BCUT2D eigenvalue weighted by Crippen LogP contribution is -1.96. The smallest absolute Gasteiger partial charge is 0.144 e. The molecule has 0 saturated carbocycles. The fourth-order valence-electron chi connectivity index (χ4n) is 8.11. The highest BCUT2D eigenvalue weighted by molar-refractivity contribution is 6.15. The maximum absolute atomic E-state index is 6.79. The van der Waals surface area contributed by atoms with Gasteiger partial charge in [-0.05, 0) is 60.2 Å². The van der Waals surface area contributed by atoms with Crippen LogP contribution >= 0.6 is 0 Å². The van der Waals surface area contributed by atoms with Crippen molar-refractivity contribution in [2.75, 3.05) is 0 Å². The summed E-state index contributed by atoms with van der Waals surface area (Å²) in [6.45, 7) is 0. The van der Waals surface area contributed by atoms with Crippen molar-refractivity contribution in [3.8, 4) is 33.8 Å². The third-order valence-corrected chi connectivity index (χ3v) is 10.4. The summed E-state index contributed by atoms with van der Waals surface area (Å²) >= 11 is 0. The van der Waals surface area contributed by atoms with Crippen LogP contribution in [0, 0.1) is 0 Å². The fourth-order valence-corrected chi connectivity index (χ4v) is 8.11. The van der Waals surface area contributed by atoms with Crippen molar-refractivity contribution in [3.63, 3.8) is 0 Å². The third kappa shape index (κ3) is 4.11. The van der Waals surface area contributed by atoms with Crippen molar-refractivity contribution < 1.29 is 4.42 Å². The van der Waals surface area contributed by atoms with Gasteiger partial charge in [-0.1, -0.05) is 115 Å². The Morgan fingerprint density at radius 2 is 0.941 bits per heavy atom. The minimum absolute atomic E-state index is 0.848. The average molecular weight is 652 g/mol. The summed E-state index contributed by atoms with van der Waals surface area (Å²) in [5.74, 6) is 0. The second-order valence-electron chi connectivity index (χ2n) is 13.2. The van der Waals surface area contributed by atoms with Crippen LogP contribution in [0.25, 0.3) is 99.3 Å². The van der Waals surface area contributed by atoms with Gasteiger partial charge in [-0.2, -0.15) is 0 Å². The van der Waals surface area contributed by atoms with Crippen LogP contribution in [0.5, 0.6) is 0 Å². The Bertz CT molecular complexity index is 3130. The van der Waals surface area contributed by atoms with Crippen LogP contribution in [0.4, 0.5) is 0 Å². The number of hydrogen-bond donors (Lipinski definition) is 0. The molecule has 4 nitrogen and oxygen atoms in total. The van der Waals surface area contributed by atoms with Gasteiger partial charge in [0, 0.05) is 61.0 Å². The van der Waals surface area contributed by atoms with Crippen LogP contribution in [0.1, 0.15) is 0 Å². The van der Waals surface area contributed by atoms with Gasteiger partial charge in [-0.15, -0.1) is 0 Å². The van der Waals surface area contributed by atoms with Gasteiger partial charge in [0.15, 0.2) is 0 Å². The minimum atomic E-state index is 0.848. The molecule has 11 aromatic rings. The van der Waals surface area contributed by atoms with E-state index in [0.717, 1.165) is 72.1 Å². The van der Waals surface area contributed by atoms with Crippen LogP contribution in [0.2, 0.25) is 0 Å². The van der Waals surface area contributed by atoms with Crippen LogP contribution in [-0.2, 0) is 0 Å². The van der Waals surface area contributed by atoms with Crippen molar-refractivity contribution in [2.45, 2.75) is 0 Å². The van der Waals surface area contributed by atoms with E-state index >= 15 is 0 Å². The molecule has 4 aromatic heterocycles. The first kappa shape index (κ1) is 28.0. The Hall–Kier alpha value is -6.91. The number of furan rings is 1. The number of nitrogens with zero attached hydrogens (tertiary/aromatic N) is 3. The van der Waals surface area contributed by atoms with Gasteiger partial charge >= 0.3 is 0 Å². The first-order valence-electron chi connectivity index (χ1n) is 17.3. The second-order valence-corrected chi connectivity index (χ2v) is 13.2. The molecule has 0 bridgehead atoms. The molecular weight excluding hydrogens is 623 g/mol. The van der Waals surface area contributed by atoms with Gasteiger partial charge in [-0.3, -0.25) is 4.98 Å². The van der Waals surface area contributed by atoms with E-state index in [4.69, 9.17) is 9.40 Å². The summed E-state index contributed by atoms with van der Waals surface area (Å²) in [4.78, 5) is 5.09. The van der Waals surface area contributed by atoms with E-state index in [0.29, 0.717) is 0 Å². The molecule has 0 radical (unpaired) electrons. The summed E-state index contributed by atoms with van der Waals surface area (Å²) in [5, 5.41) is 6.92. The highest BCUT2D eigenvalue weighted by atomic mass is 16.3. The SMILES string of the molecule is c1ccc(-c2cccc3c2oc2c(-c4cc5c(cn4)c4ccccc4n5-c4ccc5c(c4)c4ccccc4n5-c4ccccc4)cccc23)cc1. The molecule has 7 aromatic carbocycles. The molecule has 0 fully saturated rings. The maximum Gasteiger partial charge on any atom is 0.144 e. The number of aromatic nitrogens is 3. The Morgan fingerprint density at radius 3 is 1.69 bits per heavy atom. The summed E-state index contributed by atoms with van der Waals surface area (Å²) in [5.41, 5.74) is 12.7. The zero-order chi connectivity index (χ0) is 33.5. The van der Waals surface area contributed by atoms with Gasteiger partial charge < -0.3 is 13.6 Å². The number of fused-ring (bicyclic) bond motifs is 9. The standard InChI is InChI=1S/C47H29N3O/c1-3-13-30(14-4-1)33-19-11-20-36-37-21-12-22-38(47(37)51-46(33)36)41-28-45-40(29-48-41)35-18-8-10-24-43(35)50(45)32-25-26-44-39(27-32)34-17-7-9-23-42(34)49(44)31-15-5-2-6-16-31/h1-29H. The summed E-state index contributed by atoms with van der Waals surface area (Å²) < 4.78 is 11.5. The molecule has 11 rings (SSSR count). The van der Waals surface area contributed by atoms with Crippen molar-refractivity contribution >= 4 is 65.6 Å². The van der Waals surface area contributed by atoms with Crippen LogP contribution < -0.4 is 0 Å². The summed E-state index contributed by atoms with van der Waals surface area (Å²) in [6, 6.07) is 60.2. The van der Waals surface area contributed by atoms with E-state index in [1.165, 1.54) is 27.2 Å². The minimum Gasteiger partial charge on any atom is -0.455 e. The van der Waals surface area contributed by atoms with Crippen molar-refractivity contribution in [3.05, 3.63) is 176 Å². The number of para-hydroxylation sites is 5. The lowest BCUT2D eigenvalue weighted by atomic mass is 10.0. The molecule has 0 unspecified atom stereocenters. The van der Waals surface area contributed by atoms with Crippen molar-refractivity contribution in [1.29, 1.82) is 0 Å². The number of benzene rings is 7. The fraction of sp³-hybridized carbons (Fsp3) is 0. The average Bonchev–Trinajstić information content (AvgIpc) is 3.86. The molecule has 238 valence electrons. The number of rotatable bonds is 4. The molecule has 0 aliphatic rings. The first-order chi connectivity index (χ1) is 25.3. The predicted octanol–water partition coefficient (Wildman–Crippen LogP) is 12.5. The molecule has 0 aliphatic heterocycles. The lowest BCUT2D eigenvalue weighted by Gasteiger charge is -2.11. The topological polar surface area (TPSA) is 35.9 Å². The molecular formula is C47H29N3O. The first-order valence-corrected chi connectivity index (χ1v) is 17.3. The van der Waals surface area contributed by atoms with Gasteiger partial charge in [0.2, 0.25) is 0 Å². The molecule has 0 aliphatic carbocycles. The molecule has 4 heterocycles. The van der Waals surface area contributed by atoms with E-state index < -0.39 is 0 Å². The Kier molecular flexibility index (Phi) is 5.92. The Labute approximate surface area is 293 Å². The molecule has 51 heavy (non-hydrogen) atoms.